The highest BCUT2D eigenvalue weighted by Crippen LogP contribution is 2.10. The quantitative estimate of drug-likeness (QED) is 0.698. The predicted molar refractivity (Wildman–Crippen MR) is 71.8 cm³/mol. The summed E-state index contributed by atoms with van der Waals surface area (Å²) in [5.41, 5.74) is 0. The van der Waals surface area contributed by atoms with Gasteiger partial charge in [0, 0.05) is 32.6 Å². The third-order valence-electron chi connectivity index (χ3n) is 3.26. The van der Waals surface area contributed by atoms with Crippen LogP contribution < -0.4 is 0 Å². The number of rotatable bonds is 7. The molecule has 1 heterocycles. The van der Waals surface area contributed by atoms with E-state index in [9.17, 15) is 13.2 Å². The Morgan fingerprint density at radius 1 is 1.22 bits per heavy atom. The number of amides is 1. The number of nitrogens with zero attached hydrogens (tertiary/aromatic N) is 2. The summed E-state index contributed by atoms with van der Waals surface area (Å²) in [6.07, 6.45) is 5.44. The number of carbonyl (C=O) groups is 1. The highest BCUT2D eigenvalue weighted by atomic mass is 32.2. The Labute approximate surface area is 110 Å². The van der Waals surface area contributed by atoms with Crippen LogP contribution in [0, 0.1) is 0 Å². The van der Waals surface area contributed by atoms with Crippen LogP contribution in [0.15, 0.2) is 0 Å². The Bertz CT molecular complexity index is 362. The van der Waals surface area contributed by atoms with Crippen LogP contribution in [0.25, 0.3) is 0 Å². The number of carbonyl (C=O) groups excluding carboxylic acids is 1. The van der Waals surface area contributed by atoms with Crippen LogP contribution in [0.1, 0.15) is 39.0 Å². The molecule has 0 N–H and O–H groups in total. The molecule has 0 radical (unpaired) electrons. The van der Waals surface area contributed by atoms with E-state index in [1.807, 2.05) is 11.8 Å². The van der Waals surface area contributed by atoms with E-state index in [0.717, 1.165) is 38.8 Å². The van der Waals surface area contributed by atoms with E-state index < -0.39 is 10.0 Å². The molecule has 0 spiro atoms. The molecule has 0 aromatic heterocycles. The van der Waals surface area contributed by atoms with Gasteiger partial charge in [0.15, 0.2) is 0 Å². The minimum Gasteiger partial charge on any atom is -0.343 e. The van der Waals surface area contributed by atoms with Gasteiger partial charge >= 0.3 is 0 Å². The smallest absolute Gasteiger partial charge is 0.223 e. The molecule has 0 atom stereocenters. The maximum Gasteiger partial charge on any atom is 0.223 e. The van der Waals surface area contributed by atoms with Gasteiger partial charge in [-0.2, -0.15) is 0 Å². The molecule has 0 aliphatic carbocycles. The molecule has 6 heteroatoms. The fourth-order valence-electron chi connectivity index (χ4n) is 2.12. The zero-order valence-corrected chi connectivity index (χ0v) is 12.2. The highest BCUT2D eigenvalue weighted by Gasteiger charge is 2.21. The Morgan fingerprint density at radius 3 is 2.33 bits per heavy atom. The van der Waals surface area contributed by atoms with Crippen molar-refractivity contribution in [2.75, 3.05) is 32.4 Å². The largest absolute Gasteiger partial charge is 0.343 e. The van der Waals surface area contributed by atoms with Crippen LogP contribution in [0.3, 0.4) is 0 Å². The highest BCUT2D eigenvalue weighted by molar-refractivity contribution is 7.88. The van der Waals surface area contributed by atoms with Gasteiger partial charge in [0.25, 0.3) is 0 Å². The molecule has 1 saturated heterocycles. The van der Waals surface area contributed by atoms with Crippen molar-refractivity contribution in [1.82, 2.24) is 9.21 Å². The topological polar surface area (TPSA) is 57.7 Å². The predicted octanol–water partition coefficient (Wildman–Crippen LogP) is 1.06. The summed E-state index contributed by atoms with van der Waals surface area (Å²) in [4.78, 5) is 13.7. The average Bonchev–Trinajstić information content (AvgIpc) is 2.80. The molecule has 106 valence electrons. The van der Waals surface area contributed by atoms with E-state index in [2.05, 4.69) is 0 Å². The maximum absolute atomic E-state index is 11.9. The van der Waals surface area contributed by atoms with Gasteiger partial charge in [-0.25, -0.2) is 12.7 Å². The monoisotopic (exact) mass is 276 g/mol. The average molecular weight is 276 g/mol. The Hall–Kier alpha value is -0.620. The number of likely N-dealkylation sites (tertiary alicyclic amines) is 1. The van der Waals surface area contributed by atoms with Gasteiger partial charge in [0.1, 0.15) is 0 Å². The first-order valence-electron chi connectivity index (χ1n) is 6.68. The lowest BCUT2D eigenvalue weighted by atomic mass is 10.3. The van der Waals surface area contributed by atoms with Crippen LogP contribution >= 0.6 is 0 Å². The molecule has 1 rings (SSSR count). The van der Waals surface area contributed by atoms with E-state index in [0.29, 0.717) is 19.5 Å². The van der Waals surface area contributed by atoms with Crippen LogP contribution in [0.2, 0.25) is 0 Å². The van der Waals surface area contributed by atoms with E-state index in [1.165, 1.54) is 10.6 Å². The van der Waals surface area contributed by atoms with E-state index in [-0.39, 0.29) is 5.91 Å². The standard InChI is InChI=1S/C12H24N2O3S/c1-3-4-10-14(18(2,16)17)11-7-12(15)13-8-5-6-9-13/h3-11H2,1-2H3. The molecule has 0 unspecified atom stereocenters. The van der Waals surface area contributed by atoms with Crippen LogP contribution in [0.4, 0.5) is 0 Å². The Morgan fingerprint density at radius 2 is 1.83 bits per heavy atom. The molecular formula is C12H24N2O3S. The van der Waals surface area contributed by atoms with E-state index in [4.69, 9.17) is 0 Å². The summed E-state index contributed by atoms with van der Waals surface area (Å²) in [5, 5.41) is 0. The first-order chi connectivity index (χ1) is 8.45. The third-order valence-corrected chi connectivity index (χ3v) is 4.57. The molecule has 1 fully saturated rings. The maximum atomic E-state index is 11.9. The van der Waals surface area contributed by atoms with Crippen molar-refractivity contribution in [2.45, 2.75) is 39.0 Å². The minimum absolute atomic E-state index is 0.0812. The summed E-state index contributed by atoms with van der Waals surface area (Å²) in [5.74, 6) is 0.0812. The number of sulfonamides is 1. The second-order valence-electron chi connectivity index (χ2n) is 4.85. The van der Waals surface area contributed by atoms with Crippen molar-refractivity contribution in [3.05, 3.63) is 0 Å². The summed E-state index contributed by atoms with van der Waals surface area (Å²) < 4.78 is 24.6. The number of hydrogen-bond donors (Lipinski definition) is 0. The summed E-state index contributed by atoms with van der Waals surface area (Å²) >= 11 is 0. The van der Waals surface area contributed by atoms with Crippen molar-refractivity contribution in [3.8, 4) is 0 Å². The number of hydrogen-bond acceptors (Lipinski definition) is 3. The minimum atomic E-state index is -3.19. The van der Waals surface area contributed by atoms with E-state index in [1.54, 1.807) is 0 Å². The summed E-state index contributed by atoms with van der Waals surface area (Å²) in [6, 6.07) is 0. The fourth-order valence-corrected chi connectivity index (χ4v) is 3.01. The van der Waals surface area contributed by atoms with Crippen LogP contribution in [0.5, 0.6) is 0 Å². The first-order valence-corrected chi connectivity index (χ1v) is 8.53. The van der Waals surface area contributed by atoms with Crippen LogP contribution in [-0.2, 0) is 14.8 Å². The molecule has 0 aromatic rings. The van der Waals surface area contributed by atoms with Crippen molar-refractivity contribution < 1.29 is 13.2 Å². The normalized spacial score (nSPS) is 16.5. The summed E-state index contributed by atoms with van der Waals surface area (Å²) in [7, 11) is -3.19. The SMILES string of the molecule is CCCCN(CCC(=O)N1CCCC1)S(C)(=O)=O. The van der Waals surface area contributed by atoms with Gasteiger partial charge < -0.3 is 4.90 Å². The van der Waals surface area contributed by atoms with Gasteiger partial charge in [-0.05, 0) is 19.3 Å². The van der Waals surface area contributed by atoms with Gasteiger partial charge in [-0.3, -0.25) is 4.79 Å². The van der Waals surface area contributed by atoms with Gasteiger partial charge in [0.05, 0.1) is 6.26 Å². The first kappa shape index (κ1) is 15.4. The molecule has 18 heavy (non-hydrogen) atoms. The zero-order chi connectivity index (χ0) is 13.6. The molecular weight excluding hydrogens is 252 g/mol. The third kappa shape index (κ3) is 4.94. The van der Waals surface area contributed by atoms with Crippen molar-refractivity contribution >= 4 is 15.9 Å². The number of unbranched alkanes of at least 4 members (excludes halogenated alkanes) is 1. The molecule has 0 saturated carbocycles. The Kier molecular flexibility index (Phi) is 6.08. The molecule has 5 nitrogen and oxygen atoms in total. The second kappa shape index (κ2) is 7.09. The second-order valence-corrected chi connectivity index (χ2v) is 6.84. The molecule has 0 bridgehead atoms. The van der Waals surface area contributed by atoms with Crippen molar-refractivity contribution in [1.29, 1.82) is 0 Å². The lowest BCUT2D eigenvalue weighted by Crippen LogP contribution is -2.36. The van der Waals surface area contributed by atoms with E-state index >= 15 is 0 Å². The van der Waals surface area contributed by atoms with Gasteiger partial charge in [-0.1, -0.05) is 13.3 Å². The lowest BCUT2D eigenvalue weighted by molar-refractivity contribution is -0.130. The zero-order valence-electron chi connectivity index (χ0n) is 11.4. The Balaban J connectivity index is 2.43. The van der Waals surface area contributed by atoms with Gasteiger partial charge in [-0.15, -0.1) is 0 Å². The van der Waals surface area contributed by atoms with Crippen LogP contribution in [-0.4, -0.2) is 56.0 Å². The molecule has 1 amide bonds. The lowest BCUT2D eigenvalue weighted by Gasteiger charge is -2.21. The fraction of sp³-hybridized carbons (Fsp3) is 0.917. The van der Waals surface area contributed by atoms with Gasteiger partial charge in [0.2, 0.25) is 15.9 Å². The molecule has 1 aliphatic heterocycles. The molecule has 0 aromatic carbocycles. The van der Waals surface area contributed by atoms with Crippen molar-refractivity contribution in [2.24, 2.45) is 0 Å². The van der Waals surface area contributed by atoms with Crippen molar-refractivity contribution in [3.63, 3.8) is 0 Å². The molecule has 1 aliphatic rings. The summed E-state index contributed by atoms with van der Waals surface area (Å²) in [6.45, 7) is 4.51.